The molecule has 128 valence electrons. The number of para-hydroxylation sites is 1. The van der Waals surface area contributed by atoms with Gasteiger partial charge in [-0.05, 0) is 32.4 Å². The molecule has 0 saturated carbocycles. The Bertz CT molecular complexity index is 700. The molecule has 5 nitrogen and oxygen atoms in total. The molecule has 5 heteroatoms. The van der Waals surface area contributed by atoms with Crippen molar-refractivity contribution >= 4 is 11.6 Å². The van der Waals surface area contributed by atoms with Gasteiger partial charge in [-0.15, -0.1) is 0 Å². The van der Waals surface area contributed by atoms with E-state index >= 15 is 0 Å². The molecule has 2 heterocycles. The molecule has 1 saturated heterocycles. The molecule has 0 unspecified atom stereocenters. The lowest BCUT2D eigenvalue weighted by Crippen LogP contribution is -2.49. The number of nitrogens with zero attached hydrogens (tertiary/aromatic N) is 4. The maximum Gasteiger partial charge on any atom is 0.222 e. The standard InChI is InChI=1S/C19H26N4O/c1-4-8-18(24)21-11-13-22(14-12-21)19-15(2)20-23(16(19)3)17-9-6-5-7-10-17/h5-7,9-10H,4,8,11-14H2,1-3H3. The van der Waals surface area contributed by atoms with Crippen LogP contribution in [0.1, 0.15) is 31.2 Å². The zero-order valence-corrected chi connectivity index (χ0v) is 14.8. The van der Waals surface area contributed by atoms with Gasteiger partial charge >= 0.3 is 0 Å². The molecule has 0 atom stereocenters. The Labute approximate surface area is 143 Å². The molecular formula is C19H26N4O. The zero-order chi connectivity index (χ0) is 17.1. The molecule has 0 aliphatic carbocycles. The number of hydrogen-bond donors (Lipinski definition) is 0. The lowest BCUT2D eigenvalue weighted by molar-refractivity contribution is -0.131. The molecule has 2 aromatic rings. The Balaban J connectivity index is 1.77. The molecule has 1 aliphatic rings. The maximum absolute atomic E-state index is 12.1. The van der Waals surface area contributed by atoms with Crippen LogP contribution >= 0.6 is 0 Å². The van der Waals surface area contributed by atoms with Crippen LogP contribution in [-0.2, 0) is 4.79 Å². The number of benzene rings is 1. The van der Waals surface area contributed by atoms with Crippen molar-refractivity contribution in [2.75, 3.05) is 31.1 Å². The SMILES string of the molecule is CCCC(=O)N1CCN(c2c(C)nn(-c3ccccc3)c2C)CC1. The quantitative estimate of drug-likeness (QED) is 0.867. The zero-order valence-electron chi connectivity index (χ0n) is 14.8. The molecule has 0 N–H and O–H groups in total. The number of amides is 1. The summed E-state index contributed by atoms with van der Waals surface area (Å²) in [5.41, 5.74) is 4.50. The van der Waals surface area contributed by atoms with Gasteiger partial charge in [0.2, 0.25) is 5.91 Å². The molecule has 1 aliphatic heterocycles. The Morgan fingerprint density at radius 1 is 1.08 bits per heavy atom. The summed E-state index contributed by atoms with van der Waals surface area (Å²) >= 11 is 0. The number of aromatic nitrogens is 2. The van der Waals surface area contributed by atoms with Crippen LogP contribution in [0.25, 0.3) is 5.69 Å². The molecule has 3 rings (SSSR count). The first-order chi connectivity index (χ1) is 11.6. The second-order valence-corrected chi connectivity index (χ2v) is 6.38. The molecule has 1 amide bonds. The van der Waals surface area contributed by atoms with Crippen LogP contribution in [0.3, 0.4) is 0 Å². The van der Waals surface area contributed by atoms with Gasteiger partial charge in [-0.3, -0.25) is 4.79 Å². The van der Waals surface area contributed by atoms with Crippen molar-refractivity contribution in [2.45, 2.75) is 33.6 Å². The molecule has 0 spiro atoms. The fourth-order valence-corrected chi connectivity index (χ4v) is 3.46. The van der Waals surface area contributed by atoms with E-state index in [2.05, 4.69) is 37.8 Å². The lowest BCUT2D eigenvalue weighted by Gasteiger charge is -2.36. The van der Waals surface area contributed by atoms with Crippen molar-refractivity contribution in [3.8, 4) is 5.69 Å². The van der Waals surface area contributed by atoms with E-state index in [1.54, 1.807) is 0 Å². The summed E-state index contributed by atoms with van der Waals surface area (Å²) in [7, 11) is 0. The number of carbonyl (C=O) groups is 1. The minimum atomic E-state index is 0.283. The van der Waals surface area contributed by atoms with E-state index in [0.29, 0.717) is 6.42 Å². The molecule has 0 radical (unpaired) electrons. The summed E-state index contributed by atoms with van der Waals surface area (Å²) in [5.74, 6) is 0.283. The largest absolute Gasteiger partial charge is 0.365 e. The highest BCUT2D eigenvalue weighted by Gasteiger charge is 2.25. The van der Waals surface area contributed by atoms with E-state index in [9.17, 15) is 4.79 Å². The number of piperazine rings is 1. The van der Waals surface area contributed by atoms with E-state index < -0.39 is 0 Å². The highest BCUT2D eigenvalue weighted by atomic mass is 16.2. The normalized spacial score (nSPS) is 15.0. The van der Waals surface area contributed by atoms with Crippen molar-refractivity contribution in [2.24, 2.45) is 0 Å². The van der Waals surface area contributed by atoms with Crippen molar-refractivity contribution < 1.29 is 4.79 Å². The van der Waals surface area contributed by atoms with Crippen molar-refractivity contribution in [1.82, 2.24) is 14.7 Å². The Morgan fingerprint density at radius 2 is 1.75 bits per heavy atom. The van der Waals surface area contributed by atoms with Gasteiger partial charge in [0.25, 0.3) is 0 Å². The van der Waals surface area contributed by atoms with E-state index in [0.717, 1.165) is 49.7 Å². The summed E-state index contributed by atoms with van der Waals surface area (Å²) in [5, 5.41) is 4.73. The highest BCUT2D eigenvalue weighted by molar-refractivity contribution is 5.76. The van der Waals surface area contributed by atoms with Crippen LogP contribution in [0.4, 0.5) is 5.69 Å². The Hall–Kier alpha value is -2.30. The molecule has 1 fully saturated rings. The Morgan fingerprint density at radius 3 is 2.38 bits per heavy atom. The second kappa shape index (κ2) is 7.07. The average Bonchev–Trinajstić information content (AvgIpc) is 2.90. The first-order valence-electron chi connectivity index (χ1n) is 8.76. The molecule has 1 aromatic heterocycles. The average molecular weight is 326 g/mol. The van der Waals surface area contributed by atoms with Gasteiger partial charge in [0, 0.05) is 32.6 Å². The van der Waals surface area contributed by atoms with Crippen molar-refractivity contribution in [3.63, 3.8) is 0 Å². The third kappa shape index (κ3) is 3.16. The predicted octanol–water partition coefficient (Wildman–Crippen LogP) is 2.94. The molecule has 24 heavy (non-hydrogen) atoms. The maximum atomic E-state index is 12.1. The summed E-state index contributed by atoms with van der Waals surface area (Å²) < 4.78 is 2.01. The van der Waals surface area contributed by atoms with Crippen LogP contribution in [-0.4, -0.2) is 46.8 Å². The van der Waals surface area contributed by atoms with Crippen LogP contribution in [0.2, 0.25) is 0 Å². The van der Waals surface area contributed by atoms with E-state index in [1.807, 2.05) is 27.8 Å². The van der Waals surface area contributed by atoms with Crippen LogP contribution in [0.15, 0.2) is 30.3 Å². The second-order valence-electron chi connectivity index (χ2n) is 6.38. The monoisotopic (exact) mass is 326 g/mol. The fraction of sp³-hybridized carbons (Fsp3) is 0.474. The van der Waals surface area contributed by atoms with Gasteiger partial charge in [0.1, 0.15) is 0 Å². The summed E-state index contributed by atoms with van der Waals surface area (Å²) in [6, 6.07) is 10.2. The molecular weight excluding hydrogens is 300 g/mol. The lowest BCUT2D eigenvalue weighted by atomic mass is 10.2. The van der Waals surface area contributed by atoms with Crippen molar-refractivity contribution in [1.29, 1.82) is 0 Å². The van der Waals surface area contributed by atoms with Gasteiger partial charge in [-0.1, -0.05) is 25.1 Å². The molecule has 0 bridgehead atoms. The number of rotatable bonds is 4. The van der Waals surface area contributed by atoms with E-state index in [1.165, 1.54) is 5.69 Å². The van der Waals surface area contributed by atoms with Gasteiger partial charge in [0.05, 0.1) is 22.8 Å². The van der Waals surface area contributed by atoms with E-state index in [-0.39, 0.29) is 5.91 Å². The first-order valence-corrected chi connectivity index (χ1v) is 8.76. The number of carbonyl (C=O) groups excluding carboxylic acids is 1. The minimum absolute atomic E-state index is 0.283. The van der Waals surface area contributed by atoms with Crippen LogP contribution in [0, 0.1) is 13.8 Å². The third-order valence-electron chi connectivity index (χ3n) is 4.67. The van der Waals surface area contributed by atoms with Gasteiger partial charge in [0.15, 0.2) is 0 Å². The number of anilines is 1. The number of aryl methyl sites for hydroxylation is 1. The molecule has 1 aromatic carbocycles. The topological polar surface area (TPSA) is 41.4 Å². The van der Waals surface area contributed by atoms with Gasteiger partial charge in [-0.25, -0.2) is 4.68 Å². The summed E-state index contributed by atoms with van der Waals surface area (Å²) in [4.78, 5) is 16.4. The first kappa shape index (κ1) is 16.6. The summed E-state index contributed by atoms with van der Waals surface area (Å²) in [6.07, 6.45) is 1.57. The van der Waals surface area contributed by atoms with E-state index in [4.69, 9.17) is 5.10 Å². The number of hydrogen-bond acceptors (Lipinski definition) is 3. The van der Waals surface area contributed by atoms with Gasteiger partial charge < -0.3 is 9.80 Å². The highest BCUT2D eigenvalue weighted by Crippen LogP contribution is 2.27. The fourth-order valence-electron chi connectivity index (χ4n) is 3.46. The van der Waals surface area contributed by atoms with Gasteiger partial charge in [-0.2, -0.15) is 5.10 Å². The van der Waals surface area contributed by atoms with Crippen LogP contribution < -0.4 is 4.90 Å². The third-order valence-corrected chi connectivity index (χ3v) is 4.67. The summed E-state index contributed by atoms with van der Waals surface area (Å²) in [6.45, 7) is 9.59. The van der Waals surface area contributed by atoms with Crippen LogP contribution in [0.5, 0.6) is 0 Å². The Kier molecular flexibility index (Phi) is 4.88. The predicted molar refractivity (Wildman–Crippen MR) is 96.7 cm³/mol. The minimum Gasteiger partial charge on any atom is -0.365 e. The smallest absolute Gasteiger partial charge is 0.222 e. The van der Waals surface area contributed by atoms with Crippen molar-refractivity contribution in [3.05, 3.63) is 41.7 Å².